The second-order valence-corrected chi connectivity index (χ2v) is 17.3. The monoisotopic (exact) mass is 611 g/mol. The van der Waals surface area contributed by atoms with E-state index in [1.54, 1.807) is 30.1 Å². The normalized spacial score (nSPS) is 11.7. The molecule has 0 radical (unpaired) electrons. The lowest BCUT2D eigenvalue weighted by Crippen LogP contribution is -2.26. The lowest BCUT2D eigenvalue weighted by atomic mass is 10.0. The highest BCUT2D eigenvalue weighted by Crippen LogP contribution is 2.32. The van der Waals surface area contributed by atoms with Crippen LogP contribution in [0, 0.1) is 5.82 Å². The molecular weight excluding hydrogens is 577 g/mol. The van der Waals surface area contributed by atoms with Crippen LogP contribution >= 0.6 is 15.9 Å². The number of nitrogens with zero attached hydrogens (tertiary/aromatic N) is 3. The molecule has 6 nitrogen and oxygen atoms in total. The fourth-order valence-corrected chi connectivity index (χ4v) is 5.68. The summed E-state index contributed by atoms with van der Waals surface area (Å²) in [5.74, 6) is 0.0731. The fourth-order valence-electron chi connectivity index (χ4n) is 4.40. The van der Waals surface area contributed by atoms with Gasteiger partial charge >= 0.3 is 0 Å². The average Bonchev–Trinajstić information content (AvgIpc) is 3.28. The van der Waals surface area contributed by atoms with Gasteiger partial charge in [0, 0.05) is 49.3 Å². The van der Waals surface area contributed by atoms with E-state index < -0.39 is 8.07 Å². The van der Waals surface area contributed by atoms with E-state index in [9.17, 15) is 9.18 Å². The summed E-state index contributed by atoms with van der Waals surface area (Å²) in [6.45, 7) is 10.7. The van der Waals surface area contributed by atoms with Crippen molar-refractivity contribution in [2.75, 3.05) is 20.3 Å². The molecule has 206 valence electrons. The van der Waals surface area contributed by atoms with E-state index >= 15 is 0 Å². The number of rotatable bonds is 11. The van der Waals surface area contributed by atoms with Crippen molar-refractivity contribution in [1.82, 2.24) is 14.7 Å². The summed E-state index contributed by atoms with van der Waals surface area (Å²) >= 11 is 3.60. The summed E-state index contributed by atoms with van der Waals surface area (Å²) in [5.41, 5.74) is 3.84. The first-order chi connectivity index (χ1) is 18.6. The van der Waals surface area contributed by atoms with E-state index in [0.717, 1.165) is 32.5 Å². The number of carbonyl (C=O) groups is 1. The Labute approximate surface area is 238 Å². The van der Waals surface area contributed by atoms with Crippen LogP contribution in [-0.4, -0.2) is 48.9 Å². The Bertz CT molecular complexity index is 1470. The molecule has 39 heavy (non-hydrogen) atoms. The van der Waals surface area contributed by atoms with Crippen LogP contribution < -0.4 is 4.74 Å². The minimum absolute atomic E-state index is 0.146. The number of halogens is 2. The molecule has 1 aromatic heterocycles. The highest BCUT2D eigenvalue weighted by Gasteiger charge is 2.19. The zero-order chi connectivity index (χ0) is 28.2. The molecule has 0 fully saturated rings. The van der Waals surface area contributed by atoms with Crippen LogP contribution in [0.2, 0.25) is 25.7 Å². The van der Waals surface area contributed by atoms with E-state index in [1.807, 2.05) is 42.1 Å². The lowest BCUT2D eigenvalue weighted by molar-refractivity contribution is 0.0781. The van der Waals surface area contributed by atoms with Crippen molar-refractivity contribution < 1.29 is 18.7 Å². The second-order valence-electron chi connectivity index (χ2n) is 10.8. The summed E-state index contributed by atoms with van der Waals surface area (Å²) in [7, 11) is 0.595. The van der Waals surface area contributed by atoms with Gasteiger partial charge in [-0.05, 0) is 66.6 Å². The number of carbonyl (C=O) groups excluding carboxylic acids is 1. The second kappa shape index (κ2) is 12.4. The summed E-state index contributed by atoms with van der Waals surface area (Å²) < 4.78 is 28.4. The third-order valence-corrected chi connectivity index (χ3v) is 8.57. The molecular formula is C30H35BrFN3O3Si. The fraction of sp³-hybridized carbons (Fsp3) is 0.333. The predicted molar refractivity (Wildman–Crippen MR) is 160 cm³/mol. The van der Waals surface area contributed by atoms with Crippen molar-refractivity contribution in [2.24, 2.45) is 0 Å². The quantitative estimate of drug-likeness (QED) is 0.129. The topological polar surface area (TPSA) is 56.6 Å². The Morgan fingerprint density at radius 3 is 2.64 bits per heavy atom. The lowest BCUT2D eigenvalue weighted by Gasteiger charge is -2.20. The van der Waals surface area contributed by atoms with Crippen molar-refractivity contribution in [3.8, 4) is 16.9 Å². The molecule has 0 saturated heterocycles. The number of hydrogen-bond acceptors (Lipinski definition) is 4. The number of benzene rings is 3. The number of ether oxygens (including phenoxy) is 2. The Morgan fingerprint density at radius 2 is 1.92 bits per heavy atom. The smallest absolute Gasteiger partial charge is 0.254 e. The maximum absolute atomic E-state index is 13.9. The molecule has 3 aromatic carbocycles. The van der Waals surface area contributed by atoms with Gasteiger partial charge in [0.05, 0.1) is 18.3 Å². The van der Waals surface area contributed by atoms with Crippen molar-refractivity contribution in [3.05, 3.63) is 82.2 Å². The summed E-state index contributed by atoms with van der Waals surface area (Å²) in [4.78, 5) is 15.2. The third-order valence-electron chi connectivity index (χ3n) is 6.41. The van der Waals surface area contributed by atoms with Gasteiger partial charge in [-0.3, -0.25) is 4.79 Å². The molecule has 4 aromatic rings. The van der Waals surface area contributed by atoms with Gasteiger partial charge in [-0.1, -0.05) is 47.7 Å². The summed E-state index contributed by atoms with van der Waals surface area (Å²) in [6.07, 6.45) is 1.83. The highest BCUT2D eigenvalue weighted by molar-refractivity contribution is 9.10. The van der Waals surface area contributed by atoms with Gasteiger partial charge in [0.25, 0.3) is 5.91 Å². The number of fused-ring (bicyclic) bond motifs is 1. The molecule has 0 unspecified atom stereocenters. The highest BCUT2D eigenvalue weighted by atomic mass is 79.9. The van der Waals surface area contributed by atoms with Crippen LogP contribution in [0.25, 0.3) is 22.0 Å². The maximum atomic E-state index is 13.9. The molecule has 1 amide bonds. The summed E-state index contributed by atoms with van der Waals surface area (Å²) in [5, 5.41) is 5.53. The van der Waals surface area contributed by atoms with Gasteiger partial charge < -0.3 is 14.4 Å². The molecule has 1 heterocycles. The van der Waals surface area contributed by atoms with Gasteiger partial charge in [-0.15, -0.1) is 0 Å². The maximum Gasteiger partial charge on any atom is 0.254 e. The average molecular weight is 613 g/mol. The molecule has 0 aliphatic rings. The molecule has 9 heteroatoms. The molecule has 0 bridgehead atoms. The van der Waals surface area contributed by atoms with Gasteiger partial charge in [0.15, 0.2) is 0 Å². The SMILES string of the molecule is CCOc1cc(C(=O)N(C)Cc2cc(Br)cc3cnn(COCC[Si](C)(C)C)c23)ccc1-c1cccc(F)c1. The van der Waals surface area contributed by atoms with Gasteiger partial charge in [-0.2, -0.15) is 5.10 Å². The summed E-state index contributed by atoms with van der Waals surface area (Å²) in [6, 6.07) is 16.8. The molecule has 0 saturated carbocycles. The Morgan fingerprint density at radius 1 is 1.13 bits per heavy atom. The minimum Gasteiger partial charge on any atom is -0.493 e. The van der Waals surface area contributed by atoms with Crippen molar-refractivity contribution in [2.45, 2.75) is 45.9 Å². The molecule has 0 aliphatic heterocycles. The van der Waals surface area contributed by atoms with E-state index in [-0.39, 0.29) is 11.7 Å². The zero-order valence-corrected chi connectivity index (χ0v) is 25.7. The van der Waals surface area contributed by atoms with Crippen molar-refractivity contribution in [1.29, 1.82) is 0 Å². The predicted octanol–water partition coefficient (Wildman–Crippen LogP) is 7.59. The first-order valence-electron chi connectivity index (χ1n) is 13.1. The Balaban J connectivity index is 1.56. The first kappa shape index (κ1) is 29.0. The van der Waals surface area contributed by atoms with E-state index in [1.165, 1.54) is 12.1 Å². The first-order valence-corrected chi connectivity index (χ1v) is 17.6. The van der Waals surface area contributed by atoms with Gasteiger partial charge in [0.2, 0.25) is 0 Å². The van der Waals surface area contributed by atoms with E-state index in [4.69, 9.17) is 9.47 Å². The van der Waals surface area contributed by atoms with Crippen LogP contribution in [0.1, 0.15) is 22.8 Å². The van der Waals surface area contributed by atoms with Crippen LogP contribution in [0.15, 0.2) is 65.3 Å². The Hall–Kier alpha value is -3.01. The number of aromatic nitrogens is 2. The molecule has 0 N–H and O–H groups in total. The standard InChI is InChI=1S/C30H35BrFN3O3Si/c1-6-38-28-17-22(10-11-27(28)21-8-7-9-26(32)16-21)30(36)34(2)19-24-15-25(31)14-23-18-33-35(29(23)24)20-37-12-13-39(3,4)5/h7-11,14-18H,6,12-13,19-20H2,1-5H3. The molecule has 0 atom stereocenters. The van der Waals surface area contributed by atoms with Crippen LogP contribution in [-0.2, 0) is 18.0 Å². The minimum atomic E-state index is -1.18. The number of amides is 1. The Kier molecular flexibility index (Phi) is 9.25. The van der Waals surface area contributed by atoms with Crippen LogP contribution in [0.5, 0.6) is 5.75 Å². The number of hydrogen-bond donors (Lipinski definition) is 0. The third kappa shape index (κ3) is 7.35. The zero-order valence-electron chi connectivity index (χ0n) is 23.1. The molecule has 0 spiro atoms. The van der Waals surface area contributed by atoms with Gasteiger partial charge in [0.1, 0.15) is 18.3 Å². The van der Waals surface area contributed by atoms with Crippen LogP contribution in [0.3, 0.4) is 0 Å². The molecule has 4 rings (SSSR count). The van der Waals surface area contributed by atoms with E-state index in [0.29, 0.717) is 43.4 Å². The van der Waals surface area contributed by atoms with Crippen LogP contribution in [0.4, 0.5) is 4.39 Å². The van der Waals surface area contributed by atoms with E-state index in [2.05, 4.69) is 40.7 Å². The van der Waals surface area contributed by atoms with Crippen molar-refractivity contribution in [3.63, 3.8) is 0 Å². The molecule has 0 aliphatic carbocycles. The largest absolute Gasteiger partial charge is 0.493 e. The van der Waals surface area contributed by atoms with Crippen molar-refractivity contribution >= 4 is 40.8 Å². The van der Waals surface area contributed by atoms with Gasteiger partial charge in [-0.25, -0.2) is 9.07 Å².